The highest BCUT2D eigenvalue weighted by atomic mass is 35.5. The van der Waals surface area contributed by atoms with Gasteiger partial charge in [-0.3, -0.25) is 4.68 Å². The van der Waals surface area contributed by atoms with Crippen molar-refractivity contribution in [1.82, 2.24) is 15.1 Å². The van der Waals surface area contributed by atoms with Crippen molar-refractivity contribution in [2.75, 3.05) is 6.54 Å². The van der Waals surface area contributed by atoms with Crippen LogP contribution in [-0.2, 0) is 19.9 Å². The van der Waals surface area contributed by atoms with Crippen LogP contribution in [0, 0.1) is 6.92 Å². The predicted octanol–water partition coefficient (Wildman–Crippen LogP) is 3.43. The summed E-state index contributed by atoms with van der Waals surface area (Å²) in [5.41, 5.74) is 2.05. The lowest BCUT2D eigenvalue weighted by atomic mass is 10.0. The number of nitrogens with zero attached hydrogens (tertiary/aromatic N) is 2. The zero-order valence-electron chi connectivity index (χ0n) is 12.5. The van der Waals surface area contributed by atoms with E-state index in [9.17, 15) is 0 Å². The first-order chi connectivity index (χ1) is 9.56. The molecule has 0 aromatic carbocycles. The van der Waals surface area contributed by atoms with Crippen molar-refractivity contribution in [3.05, 3.63) is 40.1 Å². The summed E-state index contributed by atoms with van der Waals surface area (Å²) in [6.45, 7) is 7.05. The topological polar surface area (TPSA) is 43.0 Å². The van der Waals surface area contributed by atoms with Crippen LogP contribution in [-0.4, -0.2) is 16.3 Å². The summed E-state index contributed by atoms with van der Waals surface area (Å²) in [6.07, 6.45) is 1.69. The molecule has 0 aliphatic rings. The smallest absolute Gasteiger partial charge is 0.130 e. The number of furan rings is 1. The number of aromatic nitrogens is 2. The van der Waals surface area contributed by atoms with Gasteiger partial charge in [-0.25, -0.2) is 0 Å². The van der Waals surface area contributed by atoms with Gasteiger partial charge in [-0.2, -0.15) is 5.10 Å². The molecule has 2 rings (SSSR count). The van der Waals surface area contributed by atoms with Crippen LogP contribution in [0.15, 0.2) is 16.5 Å². The molecule has 0 spiro atoms. The Hall–Kier alpha value is -1.26. The van der Waals surface area contributed by atoms with Gasteiger partial charge < -0.3 is 9.73 Å². The van der Waals surface area contributed by atoms with E-state index in [1.54, 1.807) is 4.68 Å². The summed E-state index contributed by atoms with van der Waals surface area (Å²) < 4.78 is 7.59. The Morgan fingerprint density at radius 2 is 2.15 bits per heavy atom. The van der Waals surface area contributed by atoms with E-state index in [-0.39, 0.29) is 6.04 Å². The molecule has 2 heterocycles. The molecule has 0 aliphatic heterocycles. The Morgan fingerprint density at radius 3 is 2.65 bits per heavy atom. The molecular formula is C15H22ClN3O. The van der Waals surface area contributed by atoms with E-state index in [4.69, 9.17) is 16.0 Å². The van der Waals surface area contributed by atoms with Gasteiger partial charge >= 0.3 is 0 Å². The molecule has 4 nitrogen and oxygen atoms in total. The summed E-state index contributed by atoms with van der Waals surface area (Å²) in [6, 6.07) is 4.21. The molecule has 0 bridgehead atoms. The second kappa shape index (κ2) is 6.46. The van der Waals surface area contributed by atoms with E-state index in [1.807, 2.05) is 26.1 Å². The van der Waals surface area contributed by atoms with Crippen molar-refractivity contribution < 1.29 is 4.42 Å². The van der Waals surface area contributed by atoms with Crippen molar-refractivity contribution >= 4 is 11.6 Å². The fourth-order valence-electron chi connectivity index (χ4n) is 2.40. The Balaban J connectivity index is 2.25. The number of likely N-dealkylation sites (N-methyl/N-ethyl adjacent to an activating group) is 1. The number of halogens is 1. The molecule has 0 saturated carbocycles. The van der Waals surface area contributed by atoms with Crippen molar-refractivity contribution in [2.24, 2.45) is 7.05 Å². The maximum Gasteiger partial charge on any atom is 0.130 e. The molecule has 2 aromatic heterocycles. The van der Waals surface area contributed by atoms with E-state index in [2.05, 4.69) is 24.3 Å². The number of rotatable bonds is 6. The normalized spacial score (nSPS) is 12.8. The van der Waals surface area contributed by atoms with Crippen molar-refractivity contribution in [2.45, 2.75) is 39.7 Å². The third-order valence-electron chi connectivity index (χ3n) is 3.50. The Bertz CT molecular complexity index is 574. The van der Waals surface area contributed by atoms with Crippen LogP contribution < -0.4 is 5.32 Å². The summed E-state index contributed by atoms with van der Waals surface area (Å²) in [7, 11) is 1.86. The monoisotopic (exact) mass is 295 g/mol. The van der Waals surface area contributed by atoms with E-state index < -0.39 is 0 Å². The molecule has 1 atom stereocenters. The van der Waals surface area contributed by atoms with Gasteiger partial charge in [0.2, 0.25) is 0 Å². The van der Waals surface area contributed by atoms with Gasteiger partial charge in [0.25, 0.3) is 0 Å². The standard InChI is InChI=1S/C15H22ClN3O/c1-5-11-7-8-14(20-11)13(17-6-2)9-12-10(3)18-19(4)15(12)16/h7-8,13,17H,5-6,9H2,1-4H3. The molecule has 5 heteroatoms. The molecular weight excluding hydrogens is 274 g/mol. The Morgan fingerprint density at radius 1 is 1.40 bits per heavy atom. The molecule has 0 aliphatic carbocycles. The number of nitrogens with one attached hydrogen (secondary N) is 1. The van der Waals surface area contributed by atoms with E-state index >= 15 is 0 Å². The Labute approximate surface area is 125 Å². The van der Waals surface area contributed by atoms with Crippen LogP contribution in [0.3, 0.4) is 0 Å². The first-order valence-electron chi connectivity index (χ1n) is 7.06. The van der Waals surface area contributed by atoms with Crippen molar-refractivity contribution in [3.63, 3.8) is 0 Å². The maximum atomic E-state index is 6.32. The fourth-order valence-corrected chi connectivity index (χ4v) is 2.65. The molecule has 0 radical (unpaired) electrons. The fraction of sp³-hybridized carbons (Fsp3) is 0.533. The number of aryl methyl sites for hydroxylation is 3. The first kappa shape index (κ1) is 15.1. The van der Waals surface area contributed by atoms with Crippen LogP contribution >= 0.6 is 11.6 Å². The molecule has 20 heavy (non-hydrogen) atoms. The number of hydrogen-bond acceptors (Lipinski definition) is 3. The molecule has 110 valence electrons. The highest BCUT2D eigenvalue weighted by molar-refractivity contribution is 6.30. The molecule has 0 fully saturated rings. The van der Waals surface area contributed by atoms with Crippen LogP contribution in [0.25, 0.3) is 0 Å². The molecule has 1 N–H and O–H groups in total. The van der Waals surface area contributed by atoms with Crippen LogP contribution in [0.4, 0.5) is 0 Å². The highest BCUT2D eigenvalue weighted by Crippen LogP contribution is 2.27. The van der Waals surface area contributed by atoms with Gasteiger partial charge in [0, 0.05) is 19.0 Å². The van der Waals surface area contributed by atoms with Crippen LogP contribution in [0.2, 0.25) is 5.15 Å². The zero-order chi connectivity index (χ0) is 14.7. The first-order valence-corrected chi connectivity index (χ1v) is 7.44. The summed E-state index contributed by atoms with van der Waals surface area (Å²) in [5.74, 6) is 1.97. The van der Waals surface area contributed by atoms with Crippen LogP contribution in [0.5, 0.6) is 0 Å². The molecule has 0 amide bonds. The molecule has 1 unspecified atom stereocenters. The van der Waals surface area contributed by atoms with E-state index in [0.717, 1.165) is 42.2 Å². The minimum absolute atomic E-state index is 0.126. The van der Waals surface area contributed by atoms with Gasteiger partial charge in [0.15, 0.2) is 0 Å². The summed E-state index contributed by atoms with van der Waals surface area (Å²) in [4.78, 5) is 0. The summed E-state index contributed by atoms with van der Waals surface area (Å²) in [5, 5.41) is 8.53. The summed E-state index contributed by atoms with van der Waals surface area (Å²) >= 11 is 6.32. The Kier molecular flexibility index (Phi) is 4.89. The van der Waals surface area contributed by atoms with E-state index in [0.29, 0.717) is 5.15 Å². The average molecular weight is 296 g/mol. The van der Waals surface area contributed by atoms with Gasteiger partial charge in [-0.1, -0.05) is 25.4 Å². The maximum absolute atomic E-state index is 6.32. The predicted molar refractivity (Wildman–Crippen MR) is 81.2 cm³/mol. The lowest BCUT2D eigenvalue weighted by molar-refractivity contribution is 0.396. The molecule has 0 saturated heterocycles. The van der Waals surface area contributed by atoms with E-state index in [1.165, 1.54) is 0 Å². The lowest BCUT2D eigenvalue weighted by Gasteiger charge is -2.15. The second-order valence-electron chi connectivity index (χ2n) is 4.95. The third kappa shape index (κ3) is 3.07. The SMILES string of the molecule is CCNC(Cc1c(C)nn(C)c1Cl)c1ccc(CC)o1. The zero-order valence-corrected chi connectivity index (χ0v) is 13.3. The number of hydrogen-bond donors (Lipinski definition) is 1. The van der Waals surface area contributed by atoms with Crippen molar-refractivity contribution in [3.8, 4) is 0 Å². The third-order valence-corrected chi connectivity index (χ3v) is 3.98. The largest absolute Gasteiger partial charge is 0.464 e. The quantitative estimate of drug-likeness (QED) is 0.888. The molecule has 2 aromatic rings. The van der Waals surface area contributed by atoms with Gasteiger partial charge in [-0.05, 0) is 32.0 Å². The average Bonchev–Trinajstić information content (AvgIpc) is 2.98. The van der Waals surface area contributed by atoms with Gasteiger partial charge in [-0.15, -0.1) is 0 Å². The van der Waals surface area contributed by atoms with Gasteiger partial charge in [0.1, 0.15) is 16.7 Å². The lowest BCUT2D eigenvalue weighted by Crippen LogP contribution is -2.22. The van der Waals surface area contributed by atoms with Crippen molar-refractivity contribution in [1.29, 1.82) is 0 Å². The minimum atomic E-state index is 0.126. The van der Waals surface area contributed by atoms with Gasteiger partial charge in [0.05, 0.1) is 11.7 Å². The van der Waals surface area contributed by atoms with Crippen LogP contribution in [0.1, 0.15) is 42.7 Å². The second-order valence-corrected chi connectivity index (χ2v) is 5.31. The highest BCUT2D eigenvalue weighted by Gasteiger charge is 2.20. The minimum Gasteiger partial charge on any atom is -0.464 e.